The number of hydrogen-bond acceptors (Lipinski definition) is 2. The molecule has 0 saturated heterocycles. The topological polar surface area (TPSA) is 66.4 Å². The van der Waals surface area contributed by atoms with Gasteiger partial charge in [0.15, 0.2) is 0 Å². The maximum absolute atomic E-state index is 13.3. The van der Waals surface area contributed by atoms with Crippen LogP contribution in [0.15, 0.2) is 42.5 Å². The summed E-state index contributed by atoms with van der Waals surface area (Å²) in [5, 5.41) is 11.0. The number of rotatable bonds is 4. The fraction of sp³-hybridized carbons (Fsp3) is 0.0667. The third-order valence-electron chi connectivity index (χ3n) is 2.74. The van der Waals surface area contributed by atoms with Crippen molar-refractivity contribution in [2.75, 3.05) is 5.32 Å². The molecule has 0 atom stereocenters. The number of anilines is 1. The predicted molar refractivity (Wildman–Crippen MR) is 77.1 cm³/mol. The van der Waals surface area contributed by atoms with Crippen molar-refractivity contribution in [3.63, 3.8) is 0 Å². The van der Waals surface area contributed by atoms with Gasteiger partial charge in [0.1, 0.15) is 5.82 Å². The van der Waals surface area contributed by atoms with Gasteiger partial charge < -0.3 is 10.4 Å². The molecule has 0 aliphatic heterocycles. The lowest BCUT2D eigenvalue weighted by Crippen LogP contribution is -2.13. The van der Waals surface area contributed by atoms with E-state index in [1.165, 1.54) is 12.1 Å². The molecule has 0 heterocycles. The number of carbonyl (C=O) groups excluding carboxylic acids is 1. The van der Waals surface area contributed by atoms with Crippen LogP contribution in [-0.2, 0) is 11.2 Å². The Bertz CT molecular complexity index is 703. The Hall–Kier alpha value is -2.40. The van der Waals surface area contributed by atoms with Crippen LogP contribution in [0.5, 0.6) is 0 Å². The first-order valence-electron chi connectivity index (χ1n) is 6.03. The molecule has 0 bridgehead atoms. The number of nitrogens with one attached hydrogen (secondary N) is 1. The first-order chi connectivity index (χ1) is 9.97. The van der Waals surface area contributed by atoms with E-state index in [1.807, 2.05) is 0 Å². The molecule has 21 heavy (non-hydrogen) atoms. The van der Waals surface area contributed by atoms with Gasteiger partial charge in [0.25, 0.3) is 5.91 Å². The van der Waals surface area contributed by atoms with Crippen LogP contribution < -0.4 is 5.32 Å². The highest BCUT2D eigenvalue weighted by Gasteiger charge is 2.13. The lowest BCUT2D eigenvalue weighted by Gasteiger charge is -2.08. The fourth-order valence-corrected chi connectivity index (χ4v) is 2.02. The molecule has 1 amide bonds. The Balaban J connectivity index is 2.20. The van der Waals surface area contributed by atoms with E-state index in [4.69, 9.17) is 16.7 Å². The molecular formula is C15H11ClFNO3. The molecule has 2 N–H and O–H groups in total. The minimum absolute atomic E-state index is 0.0142. The zero-order chi connectivity index (χ0) is 15.4. The van der Waals surface area contributed by atoms with Gasteiger partial charge in [-0.25, -0.2) is 4.39 Å². The van der Waals surface area contributed by atoms with Crippen LogP contribution in [0.1, 0.15) is 15.9 Å². The van der Waals surface area contributed by atoms with E-state index in [-0.39, 0.29) is 17.0 Å². The van der Waals surface area contributed by atoms with Gasteiger partial charge in [-0.2, -0.15) is 0 Å². The molecule has 6 heteroatoms. The zero-order valence-corrected chi connectivity index (χ0v) is 11.5. The highest BCUT2D eigenvalue weighted by molar-refractivity contribution is 6.34. The van der Waals surface area contributed by atoms with E-state index in [0.717, 1.165) is 6.07 Å². The molecule has 0 unspecified atom stereocenters. The molecule has 0 fully saturated rings. The molecule has 0 radical (unpaired) electrons. The summed E-state index contributed by atoms with van der Waals surface area (Å²) in [5.41, 5.74) is 0.977. The fourth-order valence-electron chi connectivity index (χ4n) is 1.81. The summed E-state index contributed by atoms with van der Waals surface area (Å²) in [6, 6.07) is 10.4. The van der Waals surface area contributed by atoms with Crippen molar-refractivity contribution < 1.29 is 19.1 Å². The van der Waals surface area contributed by atoms with E-state index in [2.05, 4.69) is 5.32 Å². The van der Waals surface area contributed by atoms with Gasteiger partial charge in [-0.05, 0) is 29.8 Å². The normalized spacial score (nSPS) is 10.2. The maximum Gasteiger partial charge on any atom is 0.307 e. The Morgan fingerprint density at radius 3 is 2.62 bits per heavy atom. The summed E-state index contributed by atoms with van der Waals surface area (Å²) in [7, 11) is 0. The van der Waals surface area contributed by atoms with Gasteiger partial charge in [0, 0.05) is 5.69 Å². The number of hydrogen-bond donors (Lipinski definition) is 2. The SMILES string of the molecule is O=C(O)Cc1cccc(NC(=O)c2cccc(F)c2Cl)c1. The lowest BCUT2D eigenvalue weighted by atomic mass is 10.1. The predicted octanol–water partition coefficient (Wildman–Crippen LogP) is 3.36. The number of amides is 1. The molecule has 0 aliphatic rings. The lowest BCUT2D eigenvalue weighted by molar-refractivity contribution is -0.136. The first kappa shape index (κ1) is 15.0. The summed E-state index contributed by atoms with van der Waals surface area (Å²) in [5.74, 6) is -2.21. The van der Waals surface area contributed by atoms with E-state index in [0.29, 0.717) is 11.3 Å². The molecule has 108 valence electrons. The summed E-state index contributed by atoms with van der Waals surface area (Å²) in [6.07, 6.45) is -0.148. The second-order valence-corrected chi connectivity index (χ2v) is 4.70. The van der Waals surface area contributed by atoms with Crippen LogP contribution in [0.4, 0.5) is 10.1 Å². The van der Waals surface area contributed by atoms with Gasteiger partial charge in [0.2, 0.25) is 0 Å². The summed E-state index contributed by atoms with van der Waals surface area (Å²) < 4.78 is 13.3. The number of carboxylic acids is 1. The number of aliphatic carboxylic acids is 1. The minimum Gasteiger partial charge on any atom is -0.481 e. The van der Waals surface area contributed by atoms with Crippen molar-refractivity contribution in [1.29, 1.82) is 0 Å². The van der Waals surface area contributed by atoms with Crippen molar-refractivity contribution in [2.45, 2.75) is 6.42 Å². The molecule has 2 rings (SSSR count). The van der Waals surface area contributed by atoms with Crippen LogP contribution in [0.25, 0.3) is 0 Å². The summed E-state index contributed by atoms with van der Waals surface area (Å²) in [6.45, 7) is 0. The Kier molecular flexibility index (Phi) is 4.55. The van der Waals surface area contributed by atoms with E-state index >= 15 is 0 Å². The number of carboxylic acid groups (broad SMARTS) is 1. The van der Waals surface area contributed by atoms with Crippen molar-refractivity contribution in [3.8, 4) is 0 Å². The van der Waals surface area contributed by atoms with Crippen LogP contribution in [0, 0.1) is 5.82 Å². The highest BCUT2D eigenvalue weighted by Crippen LogP contribution is 2.21. The van der Waals surface area contributed by atoms with Crippen molar-refractivity contribution in [2.24, 2.45) is 0 Å². The maximum atomic E-state index is 13.3. The second kappa shape index (κ2) is 6.37. The van der Waals surface area contributed by atoms with Gasteiger partial charge in [-0.1, -0.05) is 29.8 Å². The van der Waals surface area contributed by atoms with E-state index in [9.17, 15) is 14.0 Å². The molecule has 2 aromatic carbocycles. The average molecular weight is 308 g/mol. The first-order valence-corrected chi connectivity index (χ1v) is 6.41. The molecule has 0 spiro atoms. The van der Waals surface area contributed by atoms with Crippen molar-refractivity contribution >= 4 is 29.2 Å². The molecule has 0 aliphatic carbocycles. The van der Waals surface area contributed by atoms with Gasteiger partial charge >= 0.3 is 5.97 Å². The van der Waals surface area contributed by atoms with Crippen molar-refractivity contribution in [3.05, 3.63) is 64.4 Å². The Labute approximate surface area is 125 Å². The number of benzene rings is 2. The third kappa shape index (κ3) is 3.79. The molecular weight excluding hydrogens is 297 g/mol. The second-order valence-electron chi connectivity index (χ2n) is 4.33. The largest absolute Gasteiger partial charge is 0.481 e. The molecule has 0 aromatic heterocycles. The Morgan fingerprint density at radius 1 is 1.19 bits per heavy atom. The van der Waals surface area contributed by atoms with Gasteiger partial charge in [-0.3, -0.25) is 9.59 Å². The highest BCUT2D eigenvalue weighted by atomic mass is 35.5. The van der Waals surface area contributed by atoms with Gasteiger partial charge in [-0.15, -0.1) is 0 Å². The zero-order valence-electron chi connectivity index (χ0n) is 10.8. The van der Waals surface area contributed by atoms with Crippen LogP contribution in [0.2, 0.25) is 5.02 Å². The monoisotopic (exact) mass is 307 g/mol. The number of carbonyl (C=O) groups is 2. The smallest absolute Gasteiger partial charge is 0.307 e. The summed E-state index contributed by atoms with van der Waals surface area (Å²) >= 11 is 5.74. The van der Waals surface area contributed by atoms with Crippen LogP contribution >= 0.6 is 11.6 Å². The van der Waals surface area contributed by atoms with Gasteiger partial charge in [0.05, 0.1) is 17.0 Å². The molecule has 0 saturated carbocycles. The molecule has 4 nitrogen and oxygen atoms in total. The van der Waals surface area contributed by atoms with E-state index in [1.54, 1.807) is 24.3 Å². The van der Waals surface area contributed by atoms with Crippen LogP contribution in [0.3, 0.4) is 0 Å². The number of halogens is 2. The Morgan fingerprint density at radius 2 is 1.90 bits per heavy atom. The average Bonchev–Trinajstić information content (AvgIpc) is 2.41. The van der Waals surface area contributed by atoms with Crippen LogP contribution in [-0.4, -0.2) is 17.0 Å². The minimum atomic E-state index is -0.966. The third-order valence-corrected chi connectivity index (χ3v) is 3.12. The standard InChI is InChI=1S/C15H11ClFNO3/c16-14-11(5-2-6-12(14)17)15(21)18-10-4-1-3-9(7-10)8-13(19)20/h1-7H,8H2,(H,18,21)(H,19,20). The molecule has 2 aromatic rings. The van der Waals surface area contributed by atoms with Crippen molar-refractivity contribution in [1.82, 2.24) is 0 Å². The van der Waals surface area contributed by atoms with E-state index < -0.39 is 17.7 Å². The summed E-state index contributed by atoms with van der Waals surface area (Å²) in [4.78, 5) is 22.7. The quantitative estimate of drug-likeness (QED) is 0.910.